The van der Waals surface area contributed by atoms with E-state index in [4.69, 9.17) is 5.73 Å². The van der Waals surface area contributed by atoms with E-state index >= 15 is 0 Å². The van der Waals surface area contributed by atoms with Gasteiger partial charge < -0.3 is 10.6 Å². The van der Waals surface area contributed by atoms with Crippen molar-refractivity contribution < 1.29 is 9.59 Å². The first-order valence-corrected chi connectivity index (χ1v) is 7.29. The Kier molecular flexibility index (Phi) is 6.77. The van der Waals surface area contributed by atoms with E-state index in [0.717, 1.165) is 38.8 Å². The van der Waals surface area contributed by atoms with Gasteiger partial charge in [-0.3, -0.25) is 9.59 Å². The molecule has 0 saturated carbocycles. The topological polar surface area (TPSA) is 63.4 Å². The fraction of sp³-hybridized carbons (Fsp3) is 0.500. The summed E-state index contributed by atoms with van der Waals surface area (Å²) in [5, 5.41) is 0. The van der Waals surface area contributed by atoms with E-state index in [9.17, 15) is 9.59 Å². The van der Waals surface area contributed by atoms with Crippen molar-refractivity contribution in [3.05, 3.63) is 35.4 Å². The van der Waals surface area contributed by atoms with Crippen molar-refractivity contribution in [3.63, 3.8) is 0 Å². The van der Waals surface area contributed by atoms with Gasteiger partial charge in [0.2, 0.25) is 5.91 Å². The molecule has 0 aromatic heterocycles. The van der Waals surface area contributed by atoms with E-state index < -0.39 is 5.91 Å². The van der Waals surface area contributed by atoms with Crippen molar-refractivity contribution in [3.8, 4) is 0 Å². The zero-order valence-electron chi connectivity index (χ0n) is 12.4. The van der Waals surface area contributed by atoms with Crippen LogP contribution >= 0.6 is 0 Å². The van der Waals surface area contributed by atoms with Gasteiger partial charge in [-0.15, -0.1) is 0 Å². The third kappa shape index (κ3) is 4.68. The number of unbranched alkanes of at least 4 members (excludes halogenated alkanes) is 2. The van der Waals surface area contributed by atoms with Gasteiger partial charge in [0.15, 0.2) is 0 Å². The molecule has 4 nitrogen and oxygen atoms in total. The molecule has 0 aliphatic rings. The molecule has 1 rings (SSSR count). The zero-order chi connectivity index (χ0) is 15.0. The lowest BCUT2D eigenvalue weighted by Gasteiger charge is -2.22. The molecular formula is C16H24N2O2. The summed E-state index contributed by atoms with van der Waals surface area (Å²) < 4.78 is 0. The maximum absolute atomic E-state index is 12.4. The molecule has 0 spiro atoms. The van der Waals surface area contributed by atoms with Crippen molar-refractivity contribution in [1.29, 1.82) is 0 Å². The third-order valence-electron chi connectivity index (χ3n) is 3.27. The number of amides is 2. The maximum Gasteiger partial charge on any atom is 0.253 e. The van der Waals surface area contributed by atoms with Crippen LogP contribution in [0.25, 0.3) is 0 Å². The second-order valence-corrected chi connectivity index (χ2v) is 4.94. The highest BCUT2D eigenvalue weighted by atomic mass is 16.2. The van der Waals surface area contributed by atoms with Crippen LogP contribution < -0.4 is 5.73 Å². The average molecular weight is 276 g/mol. The van der Waals surface area contributed by atoms with E-state index in [2.05, 4.69) is 13.8 Å². The van der Waals surface area contributed by atoms with Gasteiger partial charge in [-0.25, -0.2) is 0 Å². The summed E-state index contributed by atoms with van der Waals surface area (Å²) in [4.78, 5) is 25.4. The molecule has 4 heteroatoms. The Labute approximate surface area is 121 Å². The number of hydrogen-bond acceptors (Lipinski definition) is 2. The predicted octanol–water partition coefficient (Wildman–Crippen LogP) is 2.83. The summed E-state index contributed by atoms with van der Waals surface area (Å²) in [7, 11) is 0. The molecule has 0 bridgehead atoms. The lowest BCUT2D eigenvalue weighted by Crippen LogP contribution is -2.33. The molecule has 1 aromatic rings. The van der Waals surface area contributed by atoms with Crippen molar-refractivity contribution >= 4 is 11.8 Å². The molecular weight excluding hydrogens is 252 g/mol. The molecule has 0 fully saturated rings. The van der Waals surface area contributed by atoms with Crippen LogP contribution in [0.2, 0.25) is 0 Å². The van der Waals surface area contributed by atoms with Crippen molar-refractivity contribution in [2.45, 2.75) is 39.5 Å². The van der Waals surface area contributed by atoms with E-state index in [0.29, 0.717) is 11.1 Å². The summed E-state index contributed by atoms with van der Waals surface area (Å²) >= 11 is 0. The number of rotatable bonds is 8. The van der Waals surface area contributed by atoms with Crippen LogP contribution in [-0.2, 0) is 0 Å². The van der Waals surface area contributed by atoms with E-state index in [1.165, 1.54) is 0 Å². The van der Waals surface area contributed by atoms with Crippen LogP contribution in [0.1, 0.15) is 60.2 Å². The molecule has 1 aromatic carbocycles. The summed E-state index contributed by atoms with van der Waals surface area (Å²) in [5.41, 5.74) is 6.24. The van der Waals surface area contributed by atoms with Crippen molar-refractivity contribution in [2.24, 2.45) is 5.73 Å². The SMILES string of the molecule is CCCCN(CCCC)C(=O)c1ccc(C(N)=O)cc1. The Morgan fingerprint density at radius 1 is 0.950 bits per heavy atom. The fourth-order valence-electron chi connectivity index (χ4n) is 1.97. The molecule has 0 radical (unpaired) electrons. The second-order valence-electron chi connectivity index (χ2n) is 4.94. The van der Waals surface area contributed by atoms with Gasteiger partial charge in [0.1, 0.15) is 0 Å². The van der Waals surface area contributed by atoms with Crippen LogP contribution in [0.4, 0.5) is 0 Å². The quantitative estimate of drug-likeness (QED) is 0.793. The Hall–Kier alpha value is -1.84. The maximum atomic E-state index is 12.4. The van der Waals surface area contributed by atoms with Gasteiger partial charge in [-0.1, -0.05) is 26.7 Å². The lowest BCUT2D eigenvalue weighted by molar-refractivity contribution is 0.0750. The standard InChI is InChI=1S/C16H24N2O2/c1-3-5-11-18(12-6-4-2)16(20)14-9-7-13(8-10-14)15(17)19/h7-10H,3-6,11-12H2,1-2H3,(H2,17,19). The molecule has 0 aliphatic carbocycles. The zero-order valence-corrected chi connectivity index (χ0v) is 12.4. The summed E-state index contributed by atoms with van der Waals surface area (Å²) in [6, 6.07) is 6.56. The first kappa shape index (κ1) is 16.2. The van der Waals surface area contributed by atoms with Gasteiger partial charge >= 0.3 is 0 Å². The predicted molar refractivity (Wildman–Crippen MR) is 80.7 cm³/mol. The largest absolute Gasteiger partial charge is 0.366 e. The van der Waals surface area contributed by atoms with Crippen molar-refractivity contribution in [2.75, 3.05) is 13.1 Å². The van der Waals surface area contributed by atoms with E-state index in [1.807, 2.05) is 4.90 Å². The van der Waals surface area contributed by atoms with Crippen molar-refractivity contribution in [1.82, 2.24) is 4.90 Å². The highest BCUT2D eigenvalue weighted by Crippen LogP contribution is 2.10. The van der Waals surface area contributed by atoms with Gasteiger partial charge in [-0.2, -0.15) is 0 Å². The number of nitrogens with zero attached hydrogens (tertiary/aromatic N) is 1. The summed E-state index contributed by atoms with van der Waals surface area (Å²) in [5.74, 6) is -0.444. The molecule has 0 saturated heterocycles. The van der Waals surface area contributed by atoms with Gasteiger partial charge in [0.05, 0.1) is 0 Å². The number of carbonyl (C=O) groups is 2. The van der Waals surface area contributed by atoms with Gasteiger partial charge in [-0.05, 0) is 37.1 Å². The second kappa shape index (κ2) is 8.35. The first-order chi connectivity index (χ1) is 9.60. The lowest BCUT2D eigenvalue weighted by atomic mass is 10.1. The highest BCUT2D eigenvalue weighted by Gasteiger charge is 2.15. The minimum absolute atomic E-state index is 0.0305. The Morgan fingerprint density at radius 3 is 1.80 bits per heavy atom. The van der Waals surface area contributed by atoms with Crippen LogP contribution in [0, 0.1) is 0 Å². The highest BCUT2D eigenvalue weighted by molar-refractivity contribution is 5.97. The number of benzene rings is 1. The van der Waals surface area contributed by atoms with Crippen LogP contribution in [-0.4, -0.2) is 29.8 Å². The Balaban J connectivity index is 2.78. The molecule has 110 valence electrons. The van der Waals surface area contributed by atoms with Crippen LogP contribution in [0.5, 0.6) is 0 Å². The smallest absolute Gasteiger partial charge is 0.253 e. The normalized spacial score (nSPS) is 10.3. The Morgan fingerprint density at radius 2 is 1.40 bits per heavy atom. The Bertz CT molecular complexity index is 432. The summed E-state index contributed by atoms with van der Waals surface area (Å²) in [6.45, 7) is 5.80. The minimum Gasteiger partial charge on any atom is -0.366 e. The number of hydrogen-bond donors (Lipinski definition) is 1. The van der Waals surface area contributed by atoms with Crippen LogP contribution in [0.15, 0.2) is 24.3 Å². The molecule has 2 amide bonds. The molecule has 2 N–H and O–H groups in total. The van der Waals surface area contributed by atoms with Gasteiger partial charge in [0.25, 0.3) is 5.91 Å². The van der Waals surface area contributed by atoms with E-state index in [1.54, 1.807) is 24.3 Å². The molecule has 0 atom stereocenters. The van der Waals surface area contributed by atoms with E-state index in [-0.39, 0.29) is 5.91 Å². The monoisotopic (exact) mass is 276 g/mol. The average Bonchev–Trinajstić information content (AvgIpc) is 2.47. The third-order valence-corrected chi connectivity index (χ3v) is 3.27. The summed E-state index contributed by atoms with van der Waals surface area (Å²) in [6.07, 6.45) is 4.15. The minimum atomic E-state index is -0.474. The molecule has 0 heterocycles. The fourth-order valence-corrected chi connectivity index (χ4v) is 1.97. The molecule has 20 heavy (non-hydrogen) atoms. The molecule has 0 unspecified atom stereocenters. The molecule has 0 aliphatic heterocycles. The first-order valence-electron chi connectivity index (χ1n) is 7.29. The number of carbonyl (C=O) groups excluding carboxylic acids is 2. The van der Waals surface area contributed by atoms with Crippen LogP contribution in [0.3, 0.4) is 0 Å². The number of primary amides is 1. The number of nitrogens with two attached hydrogens (primary N) is 1. The van der Waals surface area contributed by atoms with Gasteiger partial charge in [0, 0.05) is 24.2 Å².